The summed E-state index contributed by atoms with van der Waals surface area (Å²) < 4.78 is 37.3. The predicted octanol–water partition coefficient (Wildman–Crippen LogP) is 2.54. The Hall–Kier alpha value is -1.24. The van der Waals surface area contributed by atoms with Crippen molar-refractivity contribution in [3.05, 3.63) is 34.4 Å². The monoisotopic (exact) mass is 319 g/mol. The van der Waals surface area contributed by atoms with Crippen LogP contribution in [0.5, 0.6) is 0 Å². The Morgan fingerprint density at radius 2 is 2.29 bits per heavy atom. The first-order chi connectivity index (χ1) is 10.1. The zero-order chi connectivity index (χ0) is 15.2. The fourth-order valence-corrected chi connectivity index (χ4v) is 2.19. The lowest BCUT2D eigenvalue weighted by atomic mass is 10.2. The van der Waals surface area contributed by atoms with Crippen molar-refractivity contribution in [3.8, 4) is 0 Å². The van der Waals surface area contributed by atoms with Crippen LogP contribution in [-0.4, -0.2) is 38.4 Å². The molecule has 21 heavy (non-hydrogen) atoms. The van der Waals surface area contributed by atoms with E-state index in [4.69, 9.17) is 21.1 Å². The van der Waals surface area contributed by atoms with Crippen LogP contribution in [0.25, 0.3) is 0 Å². The van der Waals surface area contributed by atoms with Crippen molar-refractivity contribution >= 4 is 17.5 Å². The number of hydrogen-bond acceptors (Lipinski definition) is 3. The van der Waals surface area contributed by atoms with Gasteiger partial charge in [-0.2, -0.15) is 0 Å². The van der Waals surface area contributed by atoms with Gasteiger partial charge in [-0.25, -0.2) is 8.78 Å². The summed E-state index contributed by atoms with van der Waals surface area (Å²) in [6.07, 6.45) is 2.13. The Kier molecular flexibility index (Phi) is 5.90. The Labute approximate surface area is 126 Å². The van der Waals surface area contributed by atoms with Gasteiger partial charge in [0.15, 0.2) is 5.82 Å². The molecule has 116 valence electrons. The van der Waals surface area contributed by atoms with E-state index in [-0.39, 0.29) is 18.2 Å². The summed E-state index contributed by atoms with van der Waals surface area (Å²) in [6.45, 7) is 1.75. The Balaban J connectivity index is 1.73. The van der Waals surface area contributed by atoms with Gasteiger partial charge in [0.1, 0.15) is 10.8 Å². The Bertz CT molecular complexity index is 507. The minimum absolute atomic E-state index is 0.119. The van der Waals surface area contributed by atoms with Gasteiger partial charge in [-0.05, 0) is 25.0 Å². The predicted molar refractivity (Wildman–Crippen MR) is 73.5 cm³/mol. The molecule has 2 rings (SSSR count). The molecule has 1 fully saturated rings. The lowest BCUT2D eigenvalue weighted by molar-refractivity contribution is 0.0183. The SMILES string of the molecule is O=C(NCCOCC1CCCO1)c1ccc(F)c(Cl)c1F. The van der Waals surface area contributed by atoms with Crippen LogP contribution in [-0.2, 0) is 9.47 Å². The average Bonchev–Trinajstić information content (AvgIpc) is 2.97. The highest BCUT2D eigenvalue weighted by molar-refractivity contribution is 6.31. The first-order valence-electron chi connectivity index (χ1n) is 6.70. The topological polar surface area (TPSA) is 47.6 Å². The van der Waals surface area contributed by atoms with E-state index in [9.17, 15) is 13.6 Å². The van der Waals surface area contributed by atoms with Crippen LogP contribution in [0.2, 0.25) is 5.02 Å². The van der Waals surface area contributed by atoms with Crippen molar-refractivity contribution in [2.75, 3.05) is 26.4 Å². The maximum Gasteiger partial charge on any atom is 0.254 e. The number of benzene rings is 1. The van der Waals surface area contributed by atoms with Crippen molar-refractivity contribution in [2.45, 2.75) is 18.9 Å². The lowest BCUT2D eigenvalue weighted by Gasteiger charge is -2.11. The Morgan fingerprint density at radius 1 is 1.48 bits per heavy atom. The van der Waals surface area contributed by atoms with Crippen LogP contribution in [0.4, 0.5) is 8.78 Å². The number of rotatable bonds is 6. The van der Waals surface area contributed by atoms with E-state index in [0.29, 0.717) is 13.2 Å². The molecule has 7 heteroatoms. The van der Waals surface area contributed by atoms with E-state index in [0.717, 1.165) is 31.6 Å². The number of halogens is 3. The lowest BCUT2D eigenvalue weighted by Crippen LogP contribution is -2.29. The zero-order valence-corrected chi connectivity index (χ0v) is 12.1. The van der Waals surface area contributed by atoms with E-state index < -0.39 is 22.6 Å². The molecular weight excluding hydrogens is 304 g/mol. The number of ether oxygens (including phenoxy) is 2. The maximum atomic E-state index is 13.6. The molecule has 1 saturated heterocycles. The van der Waals surface area contributed by atoms with Gasteiger partial charge >= 0.3 is 0 Å². The molecule has 1 heterocycles. The summed E-state index contributed by atoms with van der Waals surface area (Å²) >= 11 is 5.41. The number of hydrogen-bond donors (Lipinski definition) is 1. The standard InChI is InChI=1S/C14H16ClF2NO3/c15-12-11(16)4-3-10(13(12)17)14(19)18-5-7-20-8-9-2-1-6-21-9/h3-4,9H,1-2,5-8H2,(H,18,19). The molecule has 0 radical (unpaired) electrons. The van der Waals surface area contributed by atoms with Crippen molar-refractivity contribution in [1.29, 1.82) is 0 Å². The van der Waals surface area contributed by atoms with Gasteiger partial charge in [-0.3, -0.25) is 4.79 Å². The smallest absolute Gasteiger partial charge is 0.254 e. The van der Waals surface area contributed by atoms with Crippen LogP contribution >= 0.6 is 11.6 Å². The fraction of sp³-hybridized carbons (Fsp3) is 0.500. The van der Waals surface area contributed by atoms with Crippen molar-refractivity contribution in [2.24, 2.45) is 0 Å². The molecule has 1 aromatic carbocycles. The van der Waals surface area contributed by atoms with Gasteiger partial charge in [-0.1, -0.05) is 11.6 Å². The first kappa shape index (κ1) is 16.1. The quantitative estimate of drug-likeness (QED) is 0.647. The Morgan fingerprint density at radius 3 is 3.00 bits per heavy atom. The maximum absolute atomic E-state index is 13.6. The van der Waals surface area contributed by atoms with E-state index >= 15 is 0 Å². The molecule has 1 aliphatic rings. The summed E-state index contributed by atoms with van der Waals surface area (Å²) in [5.74, 6) is -2.62. The highest BCUT2D eigenvalue weighted by Gasteiger charge is 2.17. The van der Waals surface area contributed by atoms with Gasteiger partial charge in [0.05, 0.1) is 24.9 Å². The molecule has 0 bridgehead atoms. The normalized spacial score (nSPS) is 18.0. The molecule has 1 aliphatic heterocycles. The van der Waals surface area contributed by atoms with Crippen LogP contribution in [0.15, 0.2) is 12.1 Å². The summed E-state index contributed by atoms with van der Waals surface area (Å²) in [5, 5.41) is 1.80. The van der Waals surface area contributed by atoms with Crippen LogP contribution in [0, 0.1) is 11.6 Å². The van der Waals surface area contributed by atoms with E-state index in [2.05, 4.69) is 5.32 Å². The fourth-order valence-electron chi connectivity index (χ4n) is 2.02. The van der Waals surface area contributed by atoms with Crippen LogP contribution < -0.4 is 5.32 Å². The number of carbonyl (C=O) groups is 1. The van der Waals surface area contributed by atoms with Gasteiger partial charge < -0.3 is 14.8 Å². The minimum atomic E-state index is -1.06. The summed E-state index contributed by atoms with van der Waals surface area (Å²) in [5.41, 5.74) is -0.291. The molecule has 1 atom stereocenters. The van der Waals surface area contributed by atoms with Gasteiger partial charge in [0.25, 0.3) is 5.91 Å². The van der Waals surface area contributed by atoms with Crippen molar-refractivity contribution in [3.63, 3.8) is 0 Å². The molecule has 1 amide bonds. The molecule has 0 saturated carbocycles. The van der Waals surface area contributed by atoms with Gasteiger partial charge in [-0.15, -0.1) is 0 Å². The second kappa shape index (κ2) is 7.68. The molecule has 1 N–H and O–H groups in total. The molecule has 1 aromatic rings. The zero-order valence-electron chi connectivity index (χ0n) is 11.3. The number of carbonyl (C=O) groups excluding carboxylic acids is 1. The summed E-state index contributed by atoms with van der Waals surface area (Å²) in [4.78, 5) is 11.7. The third kappa shape index (κ3) is 4.36. The third-order valence-corrected chi connectivity index (χ3v) is 3.49. The summed E-state index contributed by atoms with van der Waals surface area (Å²) in [7, 11) is 0. The molecule has 1 unspecified atom stereocenters. The second-order valence-electron chi connectivity index (χ2n) is 4.69. The van der Waals surface area contributed by atoms with E-state index in [1.54, 1.807) is 0 Å². The first-order valence-corrected chi connectivity index (χ1v) is 7.08. The highest BCUT2D eigenvalue weighted by Crippen LogP contribution is 2.21. The highest BCUT2D eigenvalue weighted by atomic mass is 35.5. The third-order valence-electron chi connectivity index (χ3n) is 3.14. The summed E-state index contributed by atoms with van der Waals surface area (Å²) in [6, 6.07) is 2.01. The van der Waals surface area contributed by atoms with Crippen molar-refractivity contribution in [1.82, 2.24) is 5.32 Å². The van der Waals surface area contributed by atoms with Crippen molar-refractivity contribution < 1.29 is 23.0 Å². The molecular formula is C14H16ClF2NO3. The molecule has 0 aliphatic carbocycles. The largest absolute Gasteiger partial charge is 0.377 e. The second-order valence-corrected chi connectivity index (χ2v) is 5.07. The van der Waals surface area contributed by atoms with Gasteiger partial charge in [0.2, 0.25) is 0 Å². The van der Waals surface area contributed by atoms with E-state index in [1.807, 2.05) is 0 Å². The molecule has 0 spiro atoms. The van der Waals surface area contributed by atoms with Crippen LogP contribution in [0.1, 0.15) is 23.2 Å². The van der Waals surface area contributed by atoms with Gasteiger partial charge in [0, 0.05) is 13.2 Å². The number of nitrogens with one attached hydrogen (secondary N) is 1. The molecule has 4 nitrogen and oxygen atoms in total. The number of amides is 1. The van der Waals surface area contributed by atoms with Crippen LogP contribution in [0.3, 0.4) is 0 Å². The average molecular weight is 320 g/mol. The van der Waals surface area contributed by atoms with E-state index in [1.165, 1.54) is 0 Å². The molecule has 0 aromatic heterocycles. The minimum Gasteiger partial charge on any atom is -0.377 e.